The van der Waals surface area contributed by atoms with Crippen LogP contribution in [-0.2, 0) is 6.42 Å². The first-order chi connectivity index (χ1) is 9.11. The maximum Gasteiger partial charge on any atom is 0.227 e. The molecule has 0 aliphatic carbocycles. The molecule has 0 atom stereocenters. The lowest BCUT2D eigenvalue weighted by atomic mass is 9.84. The average molecular weight is 260 g/mol. The molecule has 2 heterocycles. The summed E-state index contributed by atoms with van der Waals surface area (Å²) in [6.45, 7) is 5.11. The summed E-state index contributed by atoms with van der Waals surface area (Å²) < 4.78 is 5.26. The van der Waals surface area contributed by atoms with E-state index in [4.69, 9.17) is 10.3 Å². The summed E-state index contributed by atoms with van der Waals surface area (Å²) in [6.07, 6.45) is 4.46. The largest absolute Gasteiger partial charge is 0.339 e. The Morgan fingerprint density at radius 2 is 2.11 bits per heavy atom. The van der Waals surface area contributed by atoms with Gasteiger partial charge in [-0.1, -0.05) is 25.1 Å². The first-order valence-electron chi connectivity index (χ1n) is 6.55. The molecule has 0 spiro atoms. The molecular formula is C14H20N4O. The fraction of sp³-hybridized carbons (Fsp3) is 0.500. The zero-order chi connectivity index (χ0) is 13.7. The summed E-state index contributed by atoms with van der Waals surface area (Å²) in [5.41, 5.74) is 6.54. The second-order valence-corrected chi connectivity index (χ2v) is 5.43. The topological polar surface area (TPSA) is 77.8 Å². The Morgan fingerprint density at radius 1 is 1.26 bits per heavy atom. The van der Waals surface area contributed by atoms with Gasteiger partial charge < -0.3 is 10.3 Å². The van der Waals surface area contributed by atoms with Crippen LogP contribution in [0.2, 0.25) is 0 Å². The second kappa shape index (κ2) is 5.93. The Labute approximate surface area is 113 Å². The molecule has 0 amide bonds. The Morgan fingerprint density at radius 3 is 2.79 bits per heavy atom. The maximum atomic E-state index is 5.60. The van der Waals surface area contributed by atoms with Crippen LogP contribution in [0.1, 0.15) is 32.6 Å². The highest BCUT2D eigenvalue weighted by Crippen LogP contribution is 2.26. The summed E-state index contributed by atoms with van der Waals surface area (Å²) in [4.78, 5) is 8.57. The third-order valence-electron chi connectivity index (χ3n) is 3.20. The van der Waals surface area contributed by atoms with Gasteiger partial charge in [0.05, 0.1) is 0 Å². The number of nitrogens with zero attached hydrogens (tertiary/aromatic N) is 3. The molecule has 0 aliphatic heterocycles. The van der Waals surface area contributed by atoms with Crippen LogP contribution in [0.5, 0.6) is 0 Å². The van der Waals surface area contributed by atoms with E-state index in [0.717, 1.165) is 25.0 Å². The fourth-order valence-corrected chi connectivity index (χ4v) is 1.92. The quantitative estimate of drug-likeness (QED) is 0.863. The number of hydrogen-bond acceptors (Lipinski definition) is 5. The molecule has 2 aromatic rings. The number of aryl methyl sites for hydroxylation is 1. The number of aromatic nitrogens is 3. The van der Waals surface area contributed by atoms with Gasteiger partial charge in [-0.15, -0.1) is 0 Å². The predicted molar refractivity (Wildman–Crippen MR) is 73.3 cm³/mol. The molecule has 102 valence electrons. The van der Waals surface area contributed by atoms with Crippen molar-refractivity contribution in [1.29, 1.82) is 0 Å². The molecule has 0 radical (unpaired) electrons. The van der Waals surface area contributed by atoms with Gasteiger partial charge in [0.25, 0.3) is 0 Å². The van der Waals surface area contributed by atoms with Crippen molar-refractivity contribution in [2.45, 2.75) is 33.1 Å². The van der Waals surface area contributed by atoms with E-state index in [0.29, 0.717) is 18.3 Å². The van der Waals surface area contributed by atoms with Gasteiger partial charge in [0.15, 0.2) is 0 Å². The van der Waals surface area contributed by atoms with Gasteiger partial charge in [-0.3, -0.25) is 4.98 Å². The van der Waals surface area contributed by atoms with Crippen molar-refractivity contribution in [3.05, 3.63) is 30.3 Å². The Balaban J connectivity index is 1.99. The SMILES string of the molecule is CC(C)(CCN)CCc1nc(-c2ccccn2)no1. The Hall–Kier alpha value is -1.75. The fourth-order valence-electron chi connectivity index (χ4n) is 1.92. The standard InChI is InChI=1S/C14H20N4O/c1-14(2,8-9-15)7-6-12-17-13(18-19-12)11-5-3-4-10-16-11/h3-5,10H,6-9,15H2,1-2H3. The van der Waals surface area contributed by atoms with E-state index < -0.39 is 0 Å². The molecule has 0 aromatic carbocycles. The number of hydrogen-bond donors (Lipinski definition) is 1. The van der Waals surface area contributed by atoms with Crippen molar-refractivity contribution in [3.8, 4) is 11.5 Å². The Bertz CT molecular complexity index is 507. The van der Waals surface area contributed by atoms with E-state index >= 15 is 0 Å². The van der Waals surface area contributed by atoms with Crippen LogP contribution in [0, 0.1) is 5.41 Å². The van der Waals surface area contributed by atoms with Crippen molar-refractivity contribution in [3.63, 3.8) is 0 Å². The van der Waals surface area contributed by atoms with E-state index in [1.54, 1.807) is 6.20 Å². The van der Waals surface area contributed by atoms with Gasteiger partial charge in [-0.05, 0) is 36.9 Å². The van der Waals surface area contributed by atoms with Crippen LogP contribution in [0.15, 0.2) is 28.9 Å². The summed E-state index contributed by atoms with van der Waals surface area (Å²) in [5, 5.41) is 3.96. The molecule has 19 heavy (non-hydrogen) atoms. The van der Waals surface area contributed by atoms with E-state index in [2.05, 4.69) is 29.0 Å². The minimum absolute atomic E-state index is 0.203. The first-order valence-corrected chi connectivity index (χ1v) is 6.55. The Kier molecular flexibility index (Phi) is 4.27. The molecule has 5 nitrogen and oxygen atoms in total. The van der Waals surface area contributed by atoms with Gasteiger partial charge in [-0.2, -0.15) is 4.98 Å². The minimum atomic E-state index is 0.203. The molecule has 5 heteroatoms. The van der Waals surface area contributed by atoms with Crippen molar-refractivity contribution in [2.24, 2.45) is 11.1 Å². The number of pyridine rings is 1. The molecule has 2 N–H and O–H groups in total. The molecular weight excluding hydrogens is 240 g/mol. The molecule has 0 fully saturated rings. The van der Waals surface area contributed by atoms with Gasteiger partial charge in [0.1, 0.15) is 5.69 Å². The van der Waals surface area contributed by atoms with Crippen molar-refractivity contribution >= 4 is 0 Å². The predicted octanol–water partition coefficient (Wildman–Crippen LogP) is 2.44. The van der Waals surface area contributed by atoms with E-state index in [1.165, 1.54) is 0 Å². The van der Waals surface area contributed by atoms with Gasteiger partial charge in [0.2, 0.25) is 11.7 Å². The zero-order valence-corrected chi connectivity index (χ0v) is 11.5. The van der Waals surface area contributed by atoms with E-state index in [9.17, 15) is 0 Å². The van der Waals surface area contributed by atoms with Gasteiger partial charge >= 0.3 is 0 Å². The van der Waals surface area contributed by atoms with Crippen LogP contribution in [-0.4, -0.2) is 21.7 Å². The van der Waals surface area contributed by atoms with E-state index in [1.807, 2.05) is 18.2 Å². The van der Waals surface area contributed by atoms with Crippen LogP contribution in [0.3, 0.4) is 0 Å². The zero-order valence-electron chi connectivity index (χ0n) is 11.5. The van der Waals surface area contributed by atoms with Crippen LogP contribution < -0.4 is 5.73 Å². The molecule has 2 rings (SSSR count). The van der Waals surface area contributed by atoms with Crippen LogP contribution >= 0.6 is 0 Å². The average Bonchev–Trinajstić information content (AvgIpc) is 2.86. The first kappa shape index (κ1) is 13.7. The number of rotatable bonds is 6. The maximum absolute atomic E-state index is 5.60. The van der Waals surface area contributed by atoms with Gasteiger partial charge in [0, 0.05) is 12.6 Å². The summed E-state index contributed by atoms with van der Waals surface area (Å²) in [6, 6.07) is 5.63. The lowest BCUT2D eigenvalue weighted by Crippen LogP contribution is -2.17. The van der Waals surface area contributed by atoms with Crippen molar-refractivity contribution < 1.29 is 4.52 Å². The highest BCUT2D eigenvalue weighted by atomic mass is 16.5. The highest BCUT2D eigenvalue weighted by Gasteiger charge is 2.18. The summed E-state index contributed by atoms with van der Waals surface area (Å²) in [5.74, 6) is 1.21. The molecule has 0 unspecified atom stereocenters. The smallest absolute Gasteiger partial charge is 0.227 e. The molecule has 0 aliphatic rings. The van der Waals surface area contributed by atoms with Crippen molar-refractivity contribution in [2.75, 3.05) is 6.54 Å². The molecule has 0 saturated carbocycles. The second-order valence-electron chi connectivity index (χ2n) is 5.43. The summed E-state index contributed by atoms with van der Waals surface area (Å²) >= 11 is 0. The summed E-state index contributed by atoms with van der Waals surface area (Å²) in [7, 11) is 0. The molecule has 2 aromatic heterocycles. The third-order valence-corrected chi connectivity index (χ3v) is 3.20. The monoisotopic (exact) mass is 260 g/mol. The molecule has 0 saturated heterocycles. The third kappa shape index (κ3) is 3.86. The normalized spacial score (nSPS) is 11.7. The lowest BCUT2D eigenvalue weighted by molar-refractivity contribution is 0.289. The van der Waals surface area contributed by atoms with Crippen LogP contribution in [0.4, 0.5) is 0 Å². The lowest BCUT2D eigenvalue weighted by Gasteiger charge is -2.22. The van der Waals surface area contributed by atoms with Crippen LogP contribution in [0.25, 0.3) is 11.5 Å². The minimum Gasteiger partial charge on any atom is -0.339 e. The van der Waals surface area contributed by atoms with Crippen molar-refractivity contribution in [1.82, 2.24) is 15.1 Å². The van der Waals surface area contributed by atoms with Gasteiger partial charge in [-0.25, -0.2) is 0 Å². The number of nitrogens with two attached hydrogens (primary N) is 1. The van der Waals surface area contributed by atoms with E-state index in [-0.39, 0.29) is 5.41 Å². The highest BCUT2D eigenvalue weighted by molar-refractivity contribution is 5.46. The molecule has 0 bridgehead atoms.